The monoisotopic (exact) mass is 247 g/mol. The molecule has 94 valence electrons. The zero-order valence-corrected chi connectivity index (χ0v) is 9.39. The fraction of sp³-hybridized carbons (Fsp3) is 0.364. The van der Waals surface area contributed by atoms with E-state index in [1.165, 1.54) is 7.11 Å². The van der Waals surface area contributed by atoms with E-state index in [4.69, 9.17) is 0 Å². The van der Waals surface area contributed by atoms with E-state index in [9.17, 15) is 18.0 Å². The first-order valence-electron chi connectivity index (χ1n) is 4.98. The molecule has 0 fully saturated rings. The summed E-state index contributed by atoms with van der Waals surface area (Å²) in [6, 6.07) is 0.275. The number of rotatable bonds is 4. The van der Waals surface area contributed by atoms with Gasteiger partial charge < -0.3 is 10.1 Å². The summed E-state index contributed by atoms with van der Waals surface area (Å²) in [7, 11) is 1.19. The lowest BCUT2D eigenvalue weighted by Crippen LogP contribution is -2.30. The SMILES string of the molecule is CCC(Nc1cc(F)c(F)cc1F)C(=O)OC. The standard InChI is InChI=1S/C11H12F3NO2/c1-3-9(11(16)17-2)15-10-5-7(13)6(12)4-8(10)14/h4-5,9,15H,3H2,1-2H3. The molecule has 1 N–H and O–H groups in total. The second-order valence-corrected chi connectivity index (χ2v) is 3.37. The third-order valence-electron chi connectivity index (χ3n) is 2.23. The molecule has 0 aromatic heterocycles. The van der Waals surface area contributed by atoms with Crippen LogP contribution < -0.4 is 5.32 Å². The van der Waals surface area contributed by atoms with E-state index in [0.29, 0.717) is 18.6 Å². The molecule has 0 aliphatic carbocycles. The Morgan fingerprint density at radius 1 is 1.29 bits per heavy atom. The fourth-order valence-corrected chi connectivity index (χ4v) is 1.29. The number of methoxy groups -OCH3 is 1. The van der Waals surface area contributed by atoms with E-state index in [-0.39, 0.29) is 5.69 Å². The topological polar surface area (TPSA) is 38.3 Å². The Labute approximate surface area is 96.6 Å². The highest BCUT2D eigenvalue weighted by molar-refractivity contribution is 5.79. The van der Waals surface area contributed by atoms with Crippen molar-refractivity contribution in [1.82, 2.24) is 0 Å². The van der Waals surface area contributed by atoms with Crippen LogP contribution in [0.5, 0.6) is 0 Å². The summed E-state index contributed by atoms with van der Waals surface area (Å²) in [5.41, 5.74) is -0.277. The molecule has 1 aromatic rings. The normalized spacial score (nSPS) is 12.1. The lowest BCUT2D eigenvalue weighted by atomic mass is 10.2. The van der Waals surface area contributed by atoms with E-state index >= 15 is 0 Å². The molecular formula is C11H12F3NO2. The van der Waals surface area contributed by atoms with E-state index in [1.54, 1.807) is 6.92 Å². The van der Waals surface area contributed by atoms with Crippen LogP contribution >= 0.6 is 0 Å². The van der Waals surface area contributed by atoms with Gasteiger partial charge in [-0.3, -0.25) is 0 Å². The van der Waals surface area contributed by atoms with Gasteiger partial charge in [-0.1, -0.05) is 6.92 Å². The quantitative estimate of drug-likeness (QED) is 0.656. The van der Waals surface area contributed by atoms with E-state index in [1.807, 2.05) is 0 Å². The molecule has 17 heavy (non-hydrogen) atoms. The lowest BCUT2D eigenvalue weighted by Gasteiger charge is -2.16. The van der Waals surface area contributed by atoms with Gasteiger partial charge in [0.25, 0.3) is 0 Å². The Hall–Kier alpha value is -1.72. The highest BCUT2D eigenvalue weighted by Crippen LogP contribution is 2.19. The molecule has 3 nitrogen and oxygen atoms in total. The lowest BCUT2D eigenvalue weighted by molar-refractivity contribution is -0.141. The molecule has 0 spiro atoms. The number of carbonyl (C=O) groups is 1. The third-order valence-corrected chi connectivity index (χ3v) is 2.23. The van der Waals surface area contributed by atoms with Crippen LogP contribution in [-0.2, 0) is 9.53 Å². The highest BCUT2D eigenvalue weighted by Gasteiger charge is 2.19. The second kappa shape index (κ2) is 5.56. The van der Waals surface area contributed by atoms with Crippen molar-refractivity contribution in [1.29, 1.82) is 0 Å². The van der Waals surface area contributed by atoms with Crippen LogP contribution in [0.1, 0.15) is 13.3 Å². The van der Waals surface area contributed by atoms with Crippen molar-refractivity contribution in [3.05, 3.63) is 29.6 Å². The first kappa shape index (κ1) is 13.3. The Bertz CT molecular complexity index is 423. The minimum atomic E-state index is -1.28. The number of carbonyl (C=O) groups excluding carboxylic acids is 1. The van der Waals surface area contributed by atoms with E-state index in [2.05, 4.69) is 10.1 Å². The summed E-state index contributed by atoms with van der Waals surface area (Å²) in [6.07, 6.45) is 0.325. The van der Waals surface area contributed by atoms with Crippen molar-refractivity contribution >= 4 is 11.7 Å². The average Bonchev–Trinajstić information content (AvgIpc) is 2.31. The van der Waals surface area contributed by atoms with Gasteiger partial charge >= 0.3 is 5.97 Å². The van der Waals surface area contributed by atoms with Crippen LogP contribution in [0.15, 0.2) is 12.1 Å². The van der Waals surface area contributed by atoms with Gasteiger partial charge in [0.2, 0.25) is 0 Å². The van der Waals surface area contributed by atoms with Crippen molar-refractivity contribution in [3.63, 3.8) is 0 Å². The molecule has 0 aliphatic heterocycles. The summed E-state index contributed by atoms with van der Waals surface area (Å²) in [5.74, 6) is -4.03. The minimum absolute atomic E-state index is 0.277. The highest BCUT2D eigenvalue weighted by atomic mass is 19.2. The Morgan fingerprint density at radius 3 is 2.41 bits per heavy atom. The molecule has 1 rings (SSSR count). The molecule has 0 aliphatic rings. The third kappa shape index (κ3) is 3.12. The van der Waals surface area contributed by atoms with Gasteiger partial charge in [-0.2, -0.15) is 0 Å². The van der Waals surface area contributed by atoms with Gasteiger partial charge in [-0.15, -0.1) is 0 Å². The molecule has 0 saturated heterocycles. The number of hydrogen-bond donors (Lipinski definition) is 1. The van der Waals surface area contributed by atoms with Crippen molar-refractivity contribution < 1.29 is 22.7 Å². The van der Waals surface area contributed by atoms with Crippen molar-refractivity contribution in [2.24, 2.45) is 0 Å². The molecule has 1 unspecified atom stereocenters. The molecule has 1 atom stereocenters. The largest absolute Gasteiger partial charge is 0.467 e. The van der Waals surface area contributed by atoms with Crippen molar-refractivity contribution in [3.8, 4) is 0 Å². The number of hydrogen-bond acceptors (Lipinski definition) is 3. The van der Waals surface area contributed by atoms with Crippen LogP contribution in [0.25, 0.3) is 0 Å². The smallest absolute Gasteiger partial charge is 0.328 e. The van der Waals surface area contributed by atoms with Crippen molar-refractivity contribution in [2.75, 3.05) is 12.4 Å². The molecule has 6 heteroatoms. The van der Waals surface area contributed by atoms with Crippen LogP contribution in [0, 0.1) is 17.5 Å². The van der Waals surface area contributed by atoms with Gasteiger partial charge in [-0.05, 0) is 6.42 Å². The van der Waals surface area contributed by atoms with Gasteiger partial charge in [0.05, 0.1) is 12.8 Å². The van der Waals surface area contributed by atoms with Crippen LogP contribution in [0.2, 0.25) is 0 Å². The Balaban J connectivity index is 2.94. The molecule has 0 saturated carbocycles. The second-order valence-electron chi connectivity index (χ2n) is 3.37. The van der Waals surface area contributed by atoms with E-state index in [0.717, 1.165) is 0 Å². The maximum Gasteiger partial charge on any atom is 0.328 e. The zero-order chi connectivity index (χ0) is 13.0. The first-order chi connectivity index (χ1) is 7.99. The van der Waals surface area contributed by atoms with Crippen LogP contribution in [0.3, 0.4) is 0 Å². The van der Waals surface area contributed by atoms with Gasteiger partial charge in [0, 0.05) is 12.1 Å². The number of halogens is 3. The summed E-state index contributed by atoms with van der Waals surface area (Å²) in [5, 5.41) is 2.46. The molecule has 0 bridgehead atoms. The predicted molar refractivity (Wildman–Crippen MR) is 56.0 cm³/mol. The van der Waals surface area contributed by atoms with Gasteiger partial charge in [0.1, 0.15) is 11.9 Å². The fourth-order valence-electron chi connectivity index (χ4n) is 1.29. The summed E-state index contributed by atoms with van der Waals surface area (Å²) >= 11 is 0. The molecule has 0 amide bonds. The summed E-state index contributed by atoms with van der Waals surface area (Å²) < 4.78 is 43.3. The summed E-state index contributed by atoms with van der Waals surface area (Å²) in [4.78, 5) is 11.2. The van der Waals surface area contributed by atoms with Gasteiger partial charge in [-0.25, -0.2) is 18.0 Å². The number of esters is 1. The Kier molecular flexibility index (Phi) is 4.37. The van der Waals surface area contributed by atoms with Crippen molar-refractivity contribution in [2.45, 2.75) is 19.4 Å². The van der Waals surface area contributed by atoms with Crippen LogP contribution in [0.4, 0.5) is 18.9 Å². The zero-order valence-electron chi connectivity index (χ0n) is 9.39. The molecular weight excluding hydrogens is 235 g/mol. The maximum absolute atomic E-state index is 13.3. The number of anilines is 1. The minimum Gasteiger partial charge on any atom is -0.467 e. The first-order valence-corrected chi connectivity index (χ1v) is 4.98. The number of nitrogens with one attached hydrogen (secondary N) is 1. The maximum atomic E-state index is 13.3. The average molecular weight is 247 g/mol. The predicted octanol–water partition coefficient (Wildman–Crippen LogP) is 2.47. The Morgan fingerprint density at radius 2 is 1.88 bits per heavy atom. The van der Waals surface area contributed by atoms with E-state index < -0.39 is 29.5 Å². The molecule has 1 aromatic carbocycles. The number of ether oxygens (including phenoxy) is 1. The number of benzene rings is 1. The van der Waals surface area contributed by atoms with Crippen LogP contribution in [-0.4, -0.2) is 19.1 Å². The molecule has 0 heterocycles. The molecule has 0 radical (unpaired) electrons. The van der Waals surface area contributed by atoms with Gasteiger partial charge in [0.15, 0.2) is 11.6 Å². The summed E-state index contributed by atoms with van der Waals surface area (Å²) in [6.45, 7) is 1.67.